The molecule has 1 saturated heterocycles. The van der Waals surface area contributed by atoms with Gasteiger partial charge in [-0.1, -0.05) is 18.5 Å². The van der Waals surface area contributed by atoms with Crippen molar-refractivity contribution in [2.75, 3.05) is 36.4 Å². The molecule has 2 aromatic heterocycles. The number of piperazine rings is 1. The summed E-state index contributed by atoms with van der Waals surface area (Å²) in [4.78, 5) is 51.8. The smallest absolute Gasteiger partial charge is 0.416 e. The van der Waals surface area contributed by atoms with E-state index in [0.717, 1.165) is 18.2 Å². The summed E-state index contributed by atoms with van der Waals surface area (Å²) in [6, 6.07) is 2.66. The molecule has 0 spiro atoms. The van der Waals surface area contributed by atoms with Gasteiger partial charge in [0.25, 0.3) is 0 Å². The van der Waals surface area contributed by atoms with Crippen LogP contribution >= 0.6 is 11.6 Å². The average Bonchev–Trinajstić information content (AvgIpc) is 2.89. The van der Waals surface area contributed by atoms with E-state index in [1.807, 2.05) is 11.8 Å². The number of anilines is 2. The lowest BCUT2D eigenvalue weighted by atomic mass is 10.1. The first kappa shape index (κ1) is 31.1. The van der Waals surface area contributed by atoms with Gasteiger partial charge >= 0.3 is 12.3 Å². The highest BCUT2D eigenvalue weighted by molar-refractivity contribution is 6.33. The van der Waals surface area contributed by atoms with Crippen molar-refractivity contribution in [3.63, 3.8) is 0 Å². The van der Waals surface area contributed by atoms with Crippen LogP contribution in [0.2, 0.25) is 5.02 Å². The number of benzene rings is 1. The van der Waals surface area contributed by atoms with E-state index < -0.39 is 29.3 Å². The van der Waals surface area contributed by atoms with E-state index in [2.05, 4.69) is 15.3 Å². The molecular weight excluding hydrogens is 577 g/mol. The molecule has 0 saturated carbocycles. The number of rotatable bonds is 5. The quantitative estimate of drug-likeness (QED) is 0.433. The van der Waals surface area contributed by atoms with Gasteiger partial charge in [-0.2, -0.15) is 13.2 Å². The topological polar surface area (TPSA) is 110 Å². The fraction of sp³-hybridized carbons (Fsp3) is 0.464. The van der Waals surface area contributed by atoms with Gasteiger partial charge in [-0.3, -0.25) is 9.59 Å². The van der Waals surface area contributed by atoms with Crippen LogP contribution in [0.1, 0.15) is 44.6 Å². The Balaban J connectivity index is 1.67. The fourth-order valence-electron chi connectivity index (χ4n) is 4.73. The first-order valence-corrected chi connectivity index (χ1v) is 13.8. The summed E-state index contributed by atoms with van der Waals surface area (Å²) in [5.74, 6) is -0.583. The van der Waals surface area contributed by atoms with E-state index in [0.29, 0.717) is 49.7 Å². The molecule has 42 heavy (non-hydrogen) atoms. The summed E-state index contributed by atoms with van der Waals surface area (Å²) in [6.07, 6.45) is -3.20. The summed E-state index contributed by atoms with van der Waals surface area (Å²) < 4.78 is 46.2. The molecule has 0 unspecified atom stereocenters. The molecule has 10 nitrogen and oxygen atoms in total. The van der Waals surface area contributed by atoms with Crippen LogP contribution in [0.5, 0.6) is 0 Å². The van der Waals surface area contributed by atoms with Crippen LogP contribution in [0.25, 0.3) is 11.2 Å². The minimum absolute atomic E-state index is 0.0128. The van der Waals surface area contributed by atoms with Gasteiger partial charge in [-0.15, -0.1) is 0 Å². The standard InChI is InChI=1S/C28H32ClF3N6O4/c1-6-20-23(36-9-11-37(12-10-36)26(41)42-27(3,4)5)24(40)22-25(34-16(2)14-33-22)38(20)15-21(39)35-19-8-7-17(13-18(19)29)28(30,31)32/h7-8,13-14H,6,9-12,15H2,1-5H3,(H,35,39). The minimum Gasteiger partial charge on any atom is -0.444 e. The number of alkyl halides is 3. The second-order valence-electron chi connectivity index (χ2n) is 10.9. The number of nitrogens with one attached hydrogen (secondary N) is 1. The predicted octanol–water partition coefficient (Wildman–Crippen LogP) is 5.03. The van der Waals surface area contributed by atoms with Crippen LogP contribution in [0.15, 0.2) is 29.2 Å². The van der Waals surface area contributed by atoms with Gasteiger partial charge in [0.15, 0.2) is 11.2 Å². The molecule has 1 aromatic carbocycles. The molecule has 0 atom stereocenters. The molecular formula is C28H32ClF3N6O4. The number of pyridine rings is 1. The maximum Gasteiger partial charge on any atom is 0.416 e. The Hall–Kier alpha value is -3.87. The van der Waals surface area contributed by atoms with Gasteiger partial charge in [0.05, 0.1) is 22.0 Å². The highest BCUT2D eigenvalue weighted by atomic mass is 35.5. The number of halogens is 4. The average molecular weight is 609 g/mol. The van der Waals surface area contributed by atoms with Crippen LogP contribution < -0.4 is 15.6 Å². The zero-order valence-corrected chi connectivity index (χ0v) is 24.7. The van der Waals surface area contributed by atoms with Crippen molar-refractivity contribution < 1.29 is 27.5 Å². The lowest BCUT2D eigenvalue weighted by Gasteiger charge is -2.37. The summed E-state index contributed by atoms with van der Waals surface area (Å²) in [6.45, 7) is 9.94. The molecule has 1 aliphatic rings. The summed E-state index contributed by atoms with van der Waals surface area (Å²) in [7, 11) is 0. The molecule has 4 rings (SSSR count). The highest BCUT2D eigenvalue weighted by Crippen LogP contribution is 2.34. The molecule has 1 N–H and O–H groups in total. The Kier molecular flexibility index (Phi) is 8.72. The van der Waals surface area contributed by atoms with Crippen molar-refractivity contribution >= 4 is 46.1 Å². The Morgan fingerprint density at radius 1 is 1.12 bits per heavy atom. The van der Waals surface area contributed by atoms with Crippen molar-refractivity contribution in [2.24, 2.45) is 0 Å². The second kappa shape index (κ2) is 11.8. The third-order valence-electron chi connectivity index (χ3n) is 6.61. The van der Waals surface area contributed by atoms with E-state index in [4.69, 9.17) is 16.3 Å². The molecule has 2 amide bonds. The molecule has 0 aliphatic carbocycles. The largest absolute Gasteiger partial charge is 0.444 e. The lowest BCUT2D eigenvalue weighted by Crippen LogP contribution is -2.51. The highest BCUT2D eigenvalue weighted by Gasteiger charge is 2.32. The van der Waals surface area contributed by atoms with Crippen molar-refractivity contribution in [1.82, 2.24) is 19.4 Å². The number of fused-ring (bicyclic) bond motifs is 1. The van der Waals surface area contributed by atoms with Gasteiger partial charge in [0, 0.05) is 38.1 Å². The van der Waals surface area contributed by atoms with E-state index in [1.165, 1.54) is 6.20 Å². The summed E-state index contributed by atoms with van der Waals surface area (Å²) >= 11 is 6.05. The van der Waals surface area contributed by atoms with Crippen LogP contribution in [-0.4, -0.2) is 63.2 Å². The summed E-state index contributed by atoms with van der Waals surface area (Å²) in [5, 5.41) is 2.30. The van der Waals surface area contributed by atoms with Gasteiger partial charge < -0.3 is 24.4 Å². The van der Waals surface area contributed by atoms with Crippen molar-refractivity contribution in [3.8, 4) is 0 Å². The van der Waals surface area contributed by atoms with Crippen LogP contribution in [0.3, 0.4) is 0 Å². The number of aryl methyl sites for hydroxylation is 1. The number of carbonyl (C=O) groups is 2. The molecule has 1 aliphatic heterocycles. The zero-order valence-electron chi connectivity index (χ0n) is 23.9. The fourth-order valence-corrected chi connectivity index (χ4v) is 4.96. The first-order chi connectivity index (χ1) is 19.6. The number of aromatic nitrogens is 3. The monoisotopic (exact) mass is 608 g/mol. The number of hydrogen-bond acceptors (Lipinski definition) is 7. The van der Waals surface area contributed by atoms with E-state index >= 15 is 0 Å². The van der Waals surface area contributed by atoms with Gasteiger partial charge in [-0.05, 0) is 52.3 Å². The third kappa shape index (κ3) is 6.77. The molecule has 14 heteroatoms. The number of hydrogen-bond donors (Lipinski definition) is 1. The number of carbonyl (C=O) groups excluding carboxylic acids is 2. The van der Waals surface area contributed by atoms with E-state index in [1.54, 1.807) is 37.2 Å². The molecule has 1 fully saturated rings. The zero-order chi connectivity index (χ0) is 31.0. The Morgan fingerprint density at radius 2 is 1.79 bits per heavy atom. The maximum atomic E-state index is 13.7. The van der Waals surface area contributed by atoms with Gasteiger partial charge in [-0.25, -0.2) is 14.8 Å². The Morgan fingerprint density at radius 3 is 2.36 bits per heavy atom. The van der Waals surface area contributed by atoms with Crippen LogP contribution in [0.4, 0.5) is 29.3 Å². The van der Waals surface area contributed by atoms with Crippen molar-refractivity contribution in [2.45, 2.75) is 59.4 Å². The Labute approximate surface area is 245 Å². The number of ether oxygens (including phenoxy) is 1. The molecule has 3 aromatic rings. The predicted molar refractivity (Wildman–Crippen MR) is 153 cm³/mol. The molecule has 226 valence electrons. The maximum absolute atomic E-state index is 13.7. The SMILES string of the molecule is CCc1c(N2CCN(C(=O)OC(C)(C)C)CC2)c(=O)c2ncc(C)nc2n1CC(=O)Nc1ccc(C(F)(F)F)cc1Cl. The lowest BCUT2D eigenvalue weighted by molar-refractivity contribution is -0.137. The van der Waals surface area contributed by atoms with E-state index in [-0.39, 0.29) is 33.8 Å². The second-order valence-corrected chi connectivity index (χ2v) is 11.3. The molecule has 0 bridgehead atoms. The minimum atomic E-state index is -4.58. The Bertz CT molecular complexity index is 1580. The summed E-state index contributed by atoms with van der Waals surface area (Å²) in [5.41, 5.74) is -0.211. The third-order valence-corrected chi connectivity index (χ3v) is 6.93. The first-order valence-electron chi connectivity index (χ1n) is 13.4. The van der Waals surface area contributed by atoms with Gasteiger partial charge in [0.2, 0.25) is 11.3 Å². The normalized spacial score (nSPS) is 14.3. The van der Waals surface area contributed by atoms with E-state index in [9.17, 15) is 27.6 Å². The number of amides is 2. The molecule has 3 heterocycles. The molecule has 0 radical (unpaired) electrons. The van der Waals surface area contributed by atoms with Crippen molar-refractivity contribution in [3.05, 3.63) is 56.6 Å². The van der Waals surface area contributed by atoms with Gasteiger partial charge in [0.1, 0.15) is 17.8 Å². The van der Waals surface area contributed by atoms with Crippen molar-refractivity contribution in [1.29, 1.82) is 0 Å². The number of nitrogens with zero attached hydrogens (tertiary/aromatic N) is 5. The van der Waals surface area contributed by atoms with Crippen LogP contribution in [0, 0.1) is 6.92 Å². The van der Waals surface area contributed by atoms with Crippen LogP contribution in [-0.2, 0) is 28.7 Å².